The molecular weight excluding hydrogens is 342 g/mol. The number of carbonyl (C=O) groups is 1. The zero-order valence-corrected chi connectivity index (χ0v) is 15.1. The minimum absolute atomic E-state index is 0.100. The Kier molecular flexibility index (Phi) is 4.50. The second-order valence-corrected chi connectivity index (χ2v) is 6.57. The fourth-order valence-corrected chi connectivity index (χ4v) is 2.87. The Morgan fingerprint density at radius 2 is 1.89 bits per heavy atom. The second-order valence-electron chi connectivity index (χ2n) is 6.57. The van der Waals surface area contributed by atoms with Crippen LogP contribution in [0.5, 0.6) is 11.5 Å². The summed E-state index contributed by atoms with van der Waals surface area (Å²) in [5, 5.41) is 0. The van der Waals surface area contributed by atoms with E-state index < -0.39 is 5.97 Å². The van der Waals surface area contributed by atoms with Gasteiger partial charge in [-0.05, 0) is 61.9 Å². The van der Waals surface area contributed by atoms with Gasteiger partial charge in [0.05, 0.1) is 6.10 Å². The lowest BCUT2D eigenvalue weighted by Crippen LogP contribution is -2.08. The molecule has 136 valence electrons. The van der Waals surface area contributed by atoms with E-state index in [0.717, 1.165) is 28.2 Å². The van der Waals surface area contributed by atoms with Crippen molar-refractivity contribution >= 4 is 17.9 Å². The molecule has 5 nitrogen and oxygen atoms in total. The zero-order chi connectivity index (χ0) is 18.8. The van der Waals surface area contributed by atoms with Crippen molar-refractivity contribution < 1.29 is 19.0 Å². The van der Waals surface area contributed by atoms with Crippen LogP contribution in [0.2, 0.25) is 0 Å². The molecule has 0 fully saturated rings. The number of fused-ring (bicyclic) bond motifs is 1. The van der Waals surface area contributed by atoms with E-state index in [9.17, 15) is 4.79 Å². The summed E-state index contributed by atoms with van der Waals surface area (Å²) >= 11 is 0. The number of para-hydroxylation sites is 1. The van der Waals surface area contributed by atoms with Crippen LogP contribution >= 0.6 is 0 Å². The molecule has 2 aliphatic rings. The highest BCUT2D eigenvalue weighted by Crippen LogP contribution is 2.28. The molecule has 4 rings (SSSR count). The van der Waals surface area contributed by atoms with Crippen LogP contribution in [0, 0.1) is 0 Å². The third-order valence-corrected chi connectivity index (χ3v) is 4.07. The van der Waals surface area contributed by atoms with E-state index in [1.165, 1.54) is 0 Å². The van der Waals surface area contributed by atoms with E-state index >= 15 is 0 Å². The first-order valence-electron chi connectivity index (χ1n) is 8.80. The highest BCUT2D eigenvalue weighted by atomic mass is 16.6. The summed E-state index contributed by atoms with van der Waals surface area (Å²) in [5.74, 6) is 1.42. The molecule has 2 aliphatic heterocycles. The lowest BCUT2D eigenvalue weighted by atomic mass is 10.1. The molecule has 0 saturated heterocycles. The van der Waals surface area contributed by atoms with Gasteiger partial charge < -0.3 is 14.2 Å². The fraction of sp³-hybridized carbons (Fsp3) is 0.182. The number of ether oxygens (including phenoxy) is 3. The maximum atomic E-state index is 12.2. The van der Waals surface area contributed by atoms with Crippen LogP contribution in [0.15, 0.2) is 70.9 Å². The maximum absolute atomic E-state index is 12.2. The highest BCUT2D eigenvalue weighted by Gasteiger charge is 2.25. The molecule has 2 aromatic rings. The molecule has 5 heteroatoms. The Labute approximate surface area is 157 Å². The van der Waals surface area contributed by atoms with E-state index in [2.05, 4.69) is 4.99 Å². The van der Waals surface area contributed by atoms with Crippen LogP contribution in [0.1, 0.15) is 25.0 Å². The molecule has 0 unspecified atom stereocenters. The molecule has 0 spiro atoms. The Hall–Kier alpha value is -3.34. The van der Waals surface area contributed by atoms with Crippen LogP contribution in [0.4, 0.5) is 0 Å². The summed E-state index contributed by atoms with van der Waals surface area (Å²) in [6.07, 6.45) is 3.80. The minimum atomic E-state index is -0.465. The predicted octanol–water partition coefficient (Wildman–Crippen LogP) is 4.14. The normalized spacial score (nSPS) is 17.1. The number of carbonyl (C=O) groups excluding carboxylic acids is 1. The molecule has 0 saturated carbocycles. The molecule has 0 bridgehead atoms. The van der Waals surface area contributed by atoms with Gasteiger partial charge in [0.2, 0.25) is 5.90 Å². The molecule has 0 atom stereocenters. The SMILES string of the molecule is CC(C)Oc1ccc(C2=N/C(=C/C3=Cc4ccccc4OC3)C(=O)O2)cc1. The quantitative estimate of drug-likeness (QED) is 0.607. The van der Waals surface area contributed by atoms with Gasteiger partial charge >= 0.3 is 5.97 Å². The van der Waals surface area contributed by atoms with Gasteiger partial charge in [-0.25, -0.2) is 9.79 Å². The third-order valence-electron chi connectivity index (χ3n) is 4.07. The largest absolute Gasteiger partial charge is 0.491 e. The molecular formula is C22H19NO4. The van der Waals surface area contributed by atoms with Crippen LogP contribution in [0.25, 0.3) is 6.08 Å². The van der Waals surface area contributed by atoms with Gasteiger partial charge in [0.25, 0.3) is 0 Å². The van der Waals surface area contributed by atoms with Crippen molar-refractivity contribution in [1.82, 2.24) is 0 Å². The fourth-order valence-electron chi connectivity index (χ4n) is 2.87. The zero-order valence-electron chi connectivity index (χ0n) is 15.1. The maximum Gasteiger partial charge on any atom is 0.363 e. The van der Waals surface area contributed by atoms with Gasteiger partial charge in [-0.15, -0.1) is 0 Å². The van der Waals surface area contributed by atoms with Gasteiger partial charge in [-0.1, -0.05) is 18.2 Å². The molecule has 0 N–H and O–H groups in total. The number of nitrogens with zero attached hydrogens (tertiary/aromatic N) is 1. The van der Waals surface area contributed by atoms with Crippen LogP contribution in [-0.4, -0.2) is 24.6 Å². The van der Waals surface area contributed by atoms with Gasteiger partial charge in [0, 0.05) is 11.1 Å². The summed E-state index contributed by atoms with van der Waals surface area (Å²) in [6, 6.07) is 15.1. The van der Waals surface area contributed by atoms with E-state index in [1.807, 2.05) is 68.5 Å². The summed E-state index contributed by atoms with van der Waals surface area (Å²) in [6.45, 7) is 4.33. The molecule has 0 aliphatic carbocycles. The number of aliphatic imine (C=N–C) groups is 1. The lowest BCUT2D eigenvalue weighted by molar-refractivity contribution is -0.130. The second kappa shape index (κ2) is 7.11. The highest BCUT2D eigenvalue weighted by molar-refractivity contribution is 6.11. The summed E-state index contributed by atoms with van der Waals surface area (Å²) in [5.41, 5.74) is 2.84. The van der Waals surface area contributed by atoms with Gasteiger partial charge in [-0.3, -0.25) is 0 Å². The van der Waals surface area contributed by atoms with Crippen LogP contribution < -0.4 is 9.47 Å². The lowest BCUT2D eigenvalue weighted by Gasteiger charge is -2.15. The van der Waals surface area contributed by atoms with Gasteiger partial charge in [0.15, 0.2) is 5.70 Å². The monoisotopic (exact) mass is 361 g/mol. The van der Waals surface area contributed by atoms with E-state index in [1.54, 1.807) is 6.08 Å². The van der Waals surface area contributed by atoms with Crippen molar-refractivity contribution in [2.75, 3.05) is 6.61 Å². The van der Waals surface area contributed by atoms with E-state index in [4.69, 9.17) is 14.2 Å². The number of esters is 1. The average Bonchev–Trinajstić information content (AvgIpc) is 3.02. The Bertz CT molecular complexity index is 968. The molecule has 27 heavy (non-hydrogen) atoms. The Morgan fingerprint density at radius 3 is 2.67 bits per heavy atom. The van der Waals surface area contributed by atoms with Crippen molar-refractivity contribution in [2.24, 2.45) is 4.99 Å². The molecule has 0 aromatic heterocycles. The van der Waals surface area contributed by atoms with Crippen molar-refractivity contribution in [3.8, 4) is 11.5 Å². The Balaban J connectivity index is 1.56. The van der Waals surface area contributed by atoms with Crippen molar-refractivity contribution in [1.29, 1.82) is 0 Å². The predicted molar refractivity (Wildman–Crippen MR) is 103 cm³/mol. The Morgan fingerprint density at radius 1 is 1.11 bits per heavy atom. The van der Waals surface area contributed by atoms with Crippen molar-refractivity contribution in [3.05, 3.63) is 77.0 Å². The summed E-state index contributed by atoms with van der Waals surface area (Å²) < 4.78 is 16.7. The first-order valence-corrected chi connectivity index (χ1v) is 8.80. The average molecular weight is 361 g/mol. The molecule has 0 radical (unpaired) electrons. The van der Waals surface area contributed by atoms with Crippen molar-refractivity contribution in [3.63, 3.8) is 0 Å². The molecule has 2 aromatic carbocycles. The number of hydrogen-bond donors (Lipinski definition) is 0. The molecule has 2 heterocycles. The first-order chi connectivity index (χ1) is 13.1. The molecule has 0 amide bonds. The van der Waals surface area contributed by atoms with Gasteiger partial charge in [-0.2, -0.15) is 0 Å². The van der Waals surface area contributed by atoms with Crippen LogP contribution in [-0.2, 0) is 9.53 Å². The first kappa shape index (κ1) is 17.1. The smallest absolute Gasteiger partial charge is 0.363 e. The summed E-state index contributed by atoms with van der Waals surface area (Å²) in [4.78, 5) is 16.5. The standard InChI is InChI=1S/C22H19NO4/c1-14(2)26-18-9-7-16(8-10-18)21-23-19(22(24)27-21)12-15-11-17-5-3-4-6-20(17)25-13-15/h3-12,14H,13H2,1-2H3/b19-12+. The number of cyclic esters (lactones) is 1. The van der Waals surface area contributed by atoms with Crippen molar-refractivity contribution in [2.45, 2.75) is 20.0 Å². The van der Waals surface area contributed by atoms with Crippen LogP contribution in [0.3, 0.4) is 0 Å². The number of rotatable bonds is 4. The van der Waals surface area contributed by atoms with Gasteiger partial charge in [0.1, 0.15) is 18.1 Å². The van der Waals surface area contributed by atoms with E-state index in [0.29, 0.717) is 12.5 Å². The number of hydrogen-bond acceptors (Lipinski definition) is 5. The topological polar surface area (TPSA) is 57.1 Å². The van der Waals surface area contributed by atoms with E-state index in [-0.39, 0.29) is 11.8 Å². The summed E-state index contributed by atoms with van der Waals surface area (Å²) in [7, 11) is 0. The number of benzene rings is 2. The minimum Gasteiger partial charge on any atom is -0.491 e. The third kappa shape index (κ3) is 3.77.